The van der Waals surface area contributed by atoms with E-state index in [9.17, 15) is 9.59 Å². The lowest BCUT2D eigenvalue weighted by Crippen LogP contribution is -2.11. The van der Waals surface area contributed by atoms with E-state index in [1.807, 2.05) is 0 Å². The second kappa shape index (κ2) is 10.4. The zero-order valence-corrected chi connectivity index (χ0v) is 14.0. The molecule has 2 aromatic carbocycles. The van der Waals surface area contributed by atoms with Gasteiger partial charge in [-0.05, 0) is 42.5 Å². The number of carbonyl (C=O) groups is 2. The maximum Gasteiger partial charge on any atom is 0.322 e. The van der Waals surface area contributed by atoms with Gasteiger partial charge in [-0.1, -0.05) is 29.3 Å². The highest BCUT2D eigenvalue weighted by atomic mass is 35.5. The molecule has 0 spiro atoms. The second-order valence-electron chi connectivity index (χ2n) is 4.51. The second-order valence-corrected chi connectivity index (χ2v) is 5.38. The normalized spacial score (nSPS) is 9.42. The van der Waals surface area contributed by atoms with Crippen molar-refractivity contribution in [2.45, 2.75) is 0 Å². The Morgan fingerprint density at radius 3 is 1.83 bits per heavy atom. The summed E-state index contributed by atoms with van der Waals surface area (Å²) in [6, 6.07) is 13.8. The third kappa shape index (κ3) is 8.87. The maximum atomic E-state index is 10.2. The van der Waals surface area contributed by atoms with E-state index < -0.39 is 11.9 Å². The average molecular weight is 371 g/mol. The molecule has 2 aromatic rings. The van der Waals surface area contributed by atoms with Gasteiger partial charge in [-0.25, -0.2) is 0 Å². The number of nitrogens with one attached hydrogen (secondary N) is 2. The smallest absolute Gasteiger partial charge is 0.322 e. The summed E-state index contributed by atoms with van der Waals surface area (Å²) in [5.74, 6) is -1.78. The van der Waals surface area contributed by atoms with Crippen molar-refractivity contribution in [3.63, 3.8) is 0 Å². The fraction of sp³-hybridized carbons (Fsp3) is 0.125. The van der Waals surface area contributed by atoms with E-state index in [2.05, 4.69) is 10.6 Å². The molecule has 24 heavy (non-hydrogen) atoms. The number of hydrogen-bond donors (Lipinski definition) is 4. The maximum absolute atomic E-state index is 10.2. The van der Waals surface area contributed by atoms with Gasteiger partial charge in [0.25, 0.3) is 0 Å². The van der Waals surface area contributed by atoms with Crippen LogP contribution in [0.1, 0.15) is 0 Å². The number of carboxylic acids is 2. The van der Waals surface area contributed by atoms with Crippen LogP contribution in [0.15, 0.2) is 48.5 Å². The molecule has 0 atom stereocenters. The molecule has 8 heteroatoms. The van der Waals surface area contributed by atoms with Crippen molar-refractivity contribution in [1.82, 2.24) is 0 Å². The Bertz CT molecular complexity index is 678. The fourth-order valence-corrected chi connectivity index (χ4v) is 1.84. The molecule has 0 saturated carbocycles. The highest BCUT2D eigenvalue weighted by molar-refractivity contribution is 6.31. The van der Waals surface area contributed by atoms with E-state index in [1.54, 1.807) is 48.5 Å². The van der Waals surface area contributed by atoms with Crippen LogP contribution in [0.4, 0.5) is 11.4 Å². The summed E-state index contributed by atoms with van der Waals surface area (Å²) >= 11 is 11.3. The van der Waals surface area contributed by atoms with Crippen LogP contribution in [0.5, 0.6) is 0 Å². The predicted octanol–water partition coefficient (Wildman–Crippen LogP) is 3.67. The van der Waals surface area contributed by atoms with Crippen LogP contribution in [0.2, 0.25) is 10.0 Å². The molecule has 0 aromatic heterocycles. The van der Waals surface area contributed by atoms with Crippen LogP contribution in [0.3, 0.4) is 0 Å². The Balaban J connectivity index is 0.000000240. The van der Waals surface area contributed by atoms with E-state index in [0.717, 1.165) is 5.69 Å². The third-order valence-electron chi connectivity index (χ3n) is 2.56. The highest BCUT2D eigenvalue weighted by Gasteiger charge is 1.97. The number of hydrogen-bond acceptors (Lipinski definition) is 4. The zero-order chi connectivity index (χ0) is 17.9. The molecule has 4 N–H and O–H groups in total. The van der Waals surface area contributed by atoms with Gasteiger partial charge in [-0.3, -0.25) is 9.59 Å². The molecular weight excluding hydrogens is 355 g/mol. The number of carboxylic acid groups (broad SMARTS) is 2. The number of rotatable bonds is 6. The number of benzene rings is 2. The highest BCUT2D eigenvalue weighted by Crippen LogP contribution is 2.14. The van der Waals surface area contributed by atoms with Crippen LogP contribution in [-0.4, -0.2) is 35.2 Å². The first-order valence-corrected chi connectivity index (χ1v) is 7.55. The monoisotopic (exact) mass is 370 g/mol. The van der Waals surface area contributed by atoms with Crippen molar-refractivity contribution in [3.05, 3.63) is 58.6 Å². The van der Waals surface area contributed by atoms with Crippen LogP contribution in [0, 0.1) is 0 Å². The number of anilines is 2. The molecule has 0 aliphatic rings. The van der Waals surface area contributed by atoms with Crippen molar-refractivity contribution in [2.24, 2.45) is 0 Å². The average Bonchev–Trinajstić information content (AvgIpc) is 2.53. The minimum absolute atomic E-state index is 0.0817. The van der Waals surface area contributed by atoms with Gasteiger partial charge in [0.2, 0.25) is 0 Å². The first kappa shape index (κ1) is 19.6. The molecule has 0 aliphatic heterocycles. The Kier molecular flexibility index (Phi) is 8.46. The van der Waals surface area contributed by atoms with Gasteiger partial charge in [-0.15, -0.1) is 0 Å². The van der Waals surface area contributed by atoms with Crippen molar-refractivity contribution < 1.29 is 19.8 Å². The lowest BCUT2D eigenvalue weighted by molar-refractivity contribution is -0.135. The zero-order valence-electron chi connectivity index (χ0n) is 12.5. The van der Waals surface area contributed by atoms with Gasteiger partial charge in [0, 0.05) is 21.4 Å². The van der Waals surface area contributed by atoms with Gasteiger partial charge >= 0.3 is 11.9 Å². The van der Waals surface area contributed by atoms with Gasteiger partial charge in [0.05, 0.1) is 0 Å². The lowest BCUT2D eigenvalue weighted by Gasteiger charge is -2.02. The minimum Gasteiger partial charge on any atom is -0.480 e. The molecule has 0 amide bonds. The van der Waals surface area contributed by atoms with Crippen molar-refractivity contribution in [2.75, 3.05) is 23.7 Å². The van der Waals surface area contributed by atoms with Crippen LogP contribution < -0.4 is 10.6 Å². The van der Waals surface area contributed by atoms with E-state index >= 15 is 0 Å². The summed E-state index contributed by atoms with van der Waals surface area (Å²) < 4.78 is 0. The summed E-state index contributed by atoms with van der Waals surface area (Å²) in [5.41, 5.74) is 1.46. The summed E-state index contributed by atoms with van der Waals surface area (Å²) in [4.78, 5) is 20.3. The molecular formula is C16H16Cl2N2O4. The molecule has 0 heterocycles. The number of halogens is 2. The van der Waals surface area contributed by atoms with Crippen molar-refractivity contribution >= 4 is 46.5 Å². The molecule has 0 fully saturated rings. The Morgan fingerprint density at radius 2 is 1.33 bits per heavy atom. The Morgan fingerprint density at radius 1 is 0.792 bits per heavy atom. The topological polar surface area (TPSA) is 98.7 Å². The standard InChI is InChI=1S/2C8H8ClNO2/c9-6-1-3-7(4-2-6)10-5-8(11)12;9-6-2-1-3-7(4-6)10-5-8(11)12/h2*1-4,10H,5H2,(H,11,12). The molecule has 0 radical (unpaired) electrons. The number of aliphatic carboxylic acids is 2. The van der Waals surface area contributed by atoms with Crippen molar-refractivity contribution in [3.8, 4) is 0 Å². The largest absolute Gasteiger partial charge is 0.480 e. The quantitative estimate of drug-likeness (QED) is 0.619. The van der Waals surface area contributed by atoms with Crippen LogP contribution >= 0.6 is 23.2 Å². The van der Waals surface area contributed by atoms with E-state index in [-0.39, 0.29) is 13.1 Å². The Labute approximate surface area is 149 Å². The lowest BCUT2D eigenvalue weighted by atomic mass is 10.3. The predicted molar refractivity (Wildman–Crippen MR) is 95.2 cm³/mol. The SMILES string of the molecule is O=C(O)CNc1ccc(Cl)cc1.O=C(O)CNc1cccc(Cl)c1. The Hall–Kier alpha value is -2.44. The van der Waals surface area contributed by atoms with Gasteiger partial charge < -0.3 is 20.8 Å². The third-order valence-corrected chi connectivity index (χ3v) is 3.04. The molecule has 128 valence electrons. The van der Waals surface area contributed by atoms with Crippen molar-refractivity contribution in [1.29, 1.82) is 0 Å². The minimum atomic E-state index is -0.894. The summed E-state index contributed by atoms with van der Waals surface area (Å²) in [6.45, 7) is -0.179. The molecule has 0 bridgehead atoms. The van der Waals surface area contributed by atoms with Crippen LogP contribution in [0.25, 0.3) is 0 Å². The first-order valence-electron chi connectivity index (χ1n) is 6.79. The first-order chi connectivity index (χ1) is 11.4. The van der Waals surface area contributed by atoms with E-state index in [0.29, 0.717) is 15.7 Å². The molecule has 6 nitrogen and oxygen atoms in total. The molecule has 0 unspecified atom stereocenters. The van der Waals surface area contributed by atoms with Gasteiger partial charge in [0.15, 0.2) is 0 Å². The summed E-state index contributed by atoms with van der Waals surface area (Å²) in [5, 5.41) is 23.3. The van der Waals surface area contributed by atoms with Gasteiger partial charge in [0.1, 0.15) is 13.1 Å². The summed E-state index contributed by atoms with van der Waals surface area (Å²) in [6.07, 6.45) is 0. The fourth-order valence-electron chi connectivity index (χ4n) is 1.52. The molecule has 2 rings (SSSR count). The molecule has 0 aliphatic carbocycles. The van der Waals surface area contributed by atoms with E-state index in [1.165, 1.54) is 0 Å². The molecule has 0 saturated heterocycles. The van der Waals surface area contributed by atoms with E-state index in [4.69, 9.17) is 33.4 Å². The van der Waals surface area contributed by atoms with Gasteiger partial charge in [-0.2, -0.15) is 0 Å². The van der Waals surface area contributed by atoms with Crippen LogP contribution in [-0.2, 0) is 9.59 Å². The summed E-state index contributed by atoms with van der Waals surface area (Å²) in [7, 11) is 0.